The number of rotatable bonds is 5. The zero-order valence-corrected chi connectivity index (χ0v) is 9.60. The van der Waals surface area contributed by atoms with Crippen molar-refractivity contribution in [2.24, 2.45) is 0 Å². The number of nitrogens with one attached hydrogen (secondary N) is 2. The highest BCUT2D eigenvalue weighted by Gasteiger charge is 2.29. The quantitative estimate of drug-likeness (QED) is 0.659. The van der Waals surface area contributed by atoms with E-state index in [-0.39, 0.29) is 6.04 Å². The van der Waals surface area contributed by atoms with Gasteiger partial charge in [-0.15, -0.1) is 0 Å². The van der Waals surface area contributed by atoms with E-state index in [2.05, 4.69) is 10.0 Å². The standard InChI is InChI=1S/C8H19N3O2S/c1-3-10-14(12,13)11(4-2)8-5-6-9-7-8/h8-10H,3-7H2,1-2H3. The largest absolute Gasteiger partial charge is 0.315 e. The predicted octanol–water partition coefficient (Wildman–Crippen LogP) is -0.475. The van der Waals surface area contributed by atoms with Crippen molar-refractivity contribution < 1.29 is 8.42 Å². The molecule has 5 nitrogen and oxygen atoms in total. The van der Waals surface area contributed by atoms with Gasteiger partial charge in [-0.1, -0.05) is 13.8 Å². The summed E-state index contributed by atoms with van der Waals surface area (Å²) in [6, 6.07) is 0.115. The van der Waals surface area contributed by atoms with Crippen LogP contribution in [-0.2, 0) is 10.2 Å². The van der Waals surface area contributed by atoms with Crippen LogP contribution in [0.25, 0.3) is 0 Å². The Morgan fingerprint density at radius 2 is 2.21 bits per heavy atom. The van der Waals surface area contributed by atoms with Gasteiger partial charge in [-0.25, -0.2) is 4.72 Å². The Morgan fingerprint density at radius 1 is 1.50 bits per heavy atom. The van der Waals surface area contributed by atoms with Crippen molar-refractivity contribution >= 4 is 10.2 Å². The summed E-state index contributed by atoms with van der Waals surface area (Å²) in [7, 11) is -3.26. The van der Waals surface area contributed by atoms with E-state index in [4.69, 9.17) is 0 Å². The summed E-state index contributed by atoms with van der Waals surface area (Å²) in [6.07, 6.45) is 0.901. The lowest BCUT2D eigenvalue weighted by Gasteiger charge is -2.25. The molecule has 14 heavy (non-hydrogen) atoms. The molecule has 1 aliphatic rings. The van der Waals surface area contributed by atoms with Gasteiger partial charge in [-0.2, -0.15) is 12.7 Å². The summed E-state index contributed by atoms with van der Waals surface area (Å²) in [4.78, 5) is 0. The number of nitrogens with zero attached hydrogens (tertiary/aromatic N) is 1. The van der Waals surface area contributed by atoms with Crippen LogP contribution in [-0.4, -0.2) is 44.9 Å². The van der Waals surface area contributed by atoms with Crippen molar-refractivity contribution in [3.8, 4) is 0 Å². The molecule has 0 saturated carbocycles. The molecule has 1 aliphatic heterocycles. The fourth-order valence-corrected chi connectivity index (χ4v) is 3.22. The second kappa shape index (κ2) is 5.06. The minimum atomic E-state index is -3.26. The van der Waals surface area contributed by atoms with Gasteiger partial charge in [-0.05, 0) is 13.0 Å². The molecule has 0 spiro atoms. The molecule has 0 aromatic carbocycles. The Hall–Kier alpha value is -0.170. The van der Waals surface area contributed by atoms with Gasteiger partial charge in [-0.3, -0.25) is 0 Å². The molecule has 1 saturated heterocycles. The van der Waals surface area contributed by atoms with Crippen LogP contribution < -0.4 is 10.0 Å². The summed E-state index contributed by atoms with van der Waals surface area (Å²) >= 11 is 0. The summed E-state index contributed by atoms with van der Waals surface area (Å²) in [5, 5.41) is 3.17. The van der Waals surface area contributed by atoms with Gasteiger partial charge in [0.25, 0.3) is 10.2 Å². The predicted molar refractivity (Wildman–Crippen MR) is 56.3 cm³/mol. The van der Waals surface area contributed by atoms with Crippen molar-refractivity contribution in [2.45, 2.75) is 26.3 Å². The molecule has 0 aromatic rings. The van der Waals surface area contributed by atoms with Crippen LogP contribution in [0.5, 0.6) is 0 Å². The first kappa shape index (κ1) is 11.9. The Kier molecular flexibility index (Phi) is 4.31. The molecule has 0 bridgehead atoms. The van der Waals surface area contributed by atoms with Crippen LogP contribution in [0.4, 0.5) is 0 Å². The zero-order valence-electron chi connectivity index (χ0n) is 8.78. The lowest BCUT2D eigenvalue weighted by molar-refractivity contribution is 0.343. The summed E-state index contributed by atoms with van der Waals surface area (Å²) < 4.78 is 27.5. The van der Waals surface area contributed by atoms with E-state index in [0.717, 1.165) is 19.5 Å². The third-order valence-corrected chi connectivity index (χ3v) is 4.22. The summed E-state index contributed by atoms with van der Waals surface area (Å²) in [5.41, 5.74) is 0. The molecule has 6 heteroatoms. The molecule has 0 radical (unpaired) electrons. The highest BCUT2D eigenvalue weighted by Crippen LogP contribution is 2.11. The van der Waals surface area contributed by atoms with Gasteiger partial charge >= 0.3 is 0 Å². The first-order valence-corrected chi connectivity index (χ1v) is 6.53. The van der Waals surface area contributed by atoms with E-state index in [0.29, 0.717) is 13.1 Å². The van der Waals surface area contributed by atoms with E-state index in [1.54, 1.807) is 6.92 Å². The molecule has 0 amide bonds. The van der Waals surface area contributed by atoms with Crippen LogP contribution in [0, 0.1) is 0 Å². The smallest absolute Gasteiger partial charge is 0.279 e. The van der Waals surface area contributed by atoms with Crippen LogP contribution in [0.15, 0.2) is 0 Å². The van der Waals surface area contributed by atoms with Crippen molar-refractivity contribution in [3.05, 3.63) is 0 Å². The van der Waals surface area contributed by atoms with Gasteiger partial charge in [0.1, 0.15) is 0 Å². The molecule has 1 rings (SSSR count). The second-order valence-corrected chi connectivity index (χ2v) is 5.06. The molecule has 0 aromatic heterocycles. The van der Waals surface area contributed by atoms with Gasteiger partial charge in [0.2, 0.25) is 0 Å². The number of hydrogen-bond donors (Lipinski definition) is 2. The lowest BCUT2D eigenvalue weighted by Crippen LogP contribution is -2.47. The second-order valence-electron chi connectivity index (χ2n) is 3.35. The molecule has 1 heterocycles. The Bertz CT molecular complexity index is 260. The first-order valence-electron chi connectivity index (χ1n) is 5.09. The molecule has 1 fully saturated rings. The minimum absolute atomic E-state index is 0.115. The van der Waals surface area contributed by atoms with Gasteiger partial charge < -0.3 is 5.32 Å². The summed E-state index contributed by atoms with van der Waals surface area (Å²) in [5.74, 6) is 0. The van der Waals surface area contributed by atoms with Crippen LogP contribution in [0.2, 0.25) is 0 Å². The Labute approximate surface area is 86.0 Å². The number of likely N-dealkylation sites (N-methyl/N-ethyl adjacent to an activating group) is 1. The van der Waals surface area contributed by atoms with E-state index in [9.17, 15) is 8.42 Å². The highest BCUT2D eigenvalue weighted by atomic mass is 32.2. The van der Waals surface area contributed by atoms with Crippen molar-refractivity contribution in [3.63, 3.8) is 0 Å². The van der Waals surface area contributed by atoms with Gasteiger partial charge in [0.05, 0.1) is 0 Å². The Morgan fingerprint density at radius 3 is 2.64 bits per heavy atom. The first-order chi connectivity index (χ1) is 6.61. The molecular weight excluding hydrogens is 202 g/mol. The average Bonchev–Trinajstić information content (AvgIpc) is 2.57. The van der Waals surface area contributed by atoms with E-state index < -0.39 is 10.2 Å². The normalized spacial score (nSPS) is 23.2. The topological polar surface area (TPSA) is 61.4 Å². The monoisotopic (exact) mass is 221 g/mol. The zero-order chi connectivity index (χ0) is 10.6. The molecule has 0 aliphatic carbocycles. The fraction of sp³-hybridized carbons (Fsp3) is 1.00. The molecule has 84 valence electrons. The van der Waals surface area contributed by atoms with Crippen molar-refractivity contribution in [2.75, 3.05) is 26.2 Å². The van der Waals surface area contributed by atoms with Gasteiger partial charge in [0, 0.05) is 25.7 Å². The average molecular weight is 221 g/mol. The molecule has 2 N–H and O–H groups in total. The highest BCUT2D eigenvalue weighted by molar-refractivity contribution is 7.87. The maximum Gasteiger partial charge on any atom is 0.279 e. The van der Waals surface area contributed by atoms with Crippen LogP contribution in [0.3, 0.4) is 0 Å². The van der Waals surface area contributed by atoms with Crippen LogP contribution in [0.1, 0.15) is 20.3 Å². The lowest BCUT2D eigenvalue weighted by atomic mass is 10.3. The molecule has 1 unspecified atom stereocenters. The molecular formula is C8H19N3O2S. The van der Waals surface area contributed by atoms with Crippen molar-refractivity contribution in [1.29, 1.82) is 0 Å². The summed E-state index contributed by atoms with van der Waals surface area (Å²) in [6.45, 7) is 6.30. The van der Waals surface area contributed by atoms with Crippen molar-refractivity contribution in [1.82, 2.24) is 14.3 Å². The van der Waals surface area contributed by atoms with E-state index in [1.165, 1.54) is 4.31 Å². The van der Waals surface area contributed by atoms with E-state index in [1.807, 2.05) is 6.92 Å². The maximum atomic E-state index is 11.7. The van der Waals surface area contributed by atoms with Crippen LogP contribution >= 0.6 is 0 Å². The molecule has 1 atom stereocenters. The fourth-order valence-electron chi connectivity index (χ4n) is 1.77. The third-order valence-electron chi connectivity index (χ3n) is 2.39. The SMILES string of the molecule is CCNS(=O)(=O)N(CC)C1CCNC1. The third kappa shape index (κ3) is 2.66. The minimum Gasteiger partial charge on any atom is -0.315 e. The number of hydrogen-bond acceptors (Lipinski definition) is 3. The van der Waals surface area contributed by atoms with Gasteiger partial charge in [0.15, 0.2) is 0 Å². The maximum absolute atomic E-state index is 11.7. The van der Waals surface area contributed by atoms with E-state index >= 15 is 0 Å². The Balaban J connectivity index is 2.69.